The quantitative estimate of drug-likeness (QED) is 0.811. The molecule has 1 fully saturated rings. The topological polar surface area (TPSA) is 78.9 Å². The number of nitrogens with zero attached hydrogens (tertiary/aromatic N) is 1. The van der Waals surface area contributed by atoms with Gasteiger partial charge in [-0.15, -0.1) is 0 Å². The second-order valence-corrected chi connectivity index (χ2v) is 6.14. The van der Waals surface area contributed by atoms with E-state index in [2.05, 4.69) is 5.32 Å². The molecular formula is C13H24N2O4. The number of amides is 2. The molecule has 1 heterocycles. The first-order valence-corrected chi connectivity index (χ1v) is 6.49. The Morgan fingerprint density at radius 3 is 2.42 bits per heavy atom. The van der Waals surface area contributed by atoms with E-state index in [4.69, 9.17) is 9.84 Å². The SMILES string of the molecule is COC1CC(C(=O)O)N(C(=O)NC(C)C(C)(C)C)C1. The van der Waals surface area contributed by atoms with Crippen LogP contribution in [0.1, 0.15) is 34.1 Å². The molecule has 19 heavy (non-hydrogen) atoms. The van der Waals surface area contributed by atoms with E-state index >= 15 is 0 Å². The molecule has 0 spiro atoms. The van der Waals surface area contributed by atoms with Crippen LogP contribution < -0.4 is 5.32 Å². The maximum absolute atomic E-state index is 12.2. The minimum absolute atomic E-state index is 0.0453. The van der Waals surface area contributed by atoms with Gasteiger partial charge in [-0.2, -0.15) is 0 Å². The Labute approximate surface area is 114 Å². The highest BCUT2D eigenvalue weighted by molar-refractivity contribution is 5.83. The highest BCUT2D eigenvalue weighted by atomic mass is 16.5. The summed E-state index contributed by atoms with van der Waals surface area (Å²) in [6.45, 7) is 8.30. The number of aliphatic carboxylic acids is 1. The number of hydrogen-bond donors (Lipinski definition) is 2. The van der Waals surface area contributed by atoms with Crippen LogP contribution in [-0.2, 0) is 9.53 Å². The average Bonchev–Trinajstić information content (AvgIpc) is 2.71. The van der Waals surface area contributed by atoms with E-state index in [0.29, 0.717) is 13.0 Å². The number of nitrogens with one attached hydrogen (secondary N) is 1. The molecule has 0 radical (unpaired) electrons. The van der Waals surface area contributed by atoms with Crippen molar-refractivity contribution in [2.75, 3.05) is 13.7 Å². The summed E-state index contributed by atoms with van der Waals surface area (Å²) in [4.78, 5) is 24.7. The lowest BCUT2D eigenvalue weighted by atomic mass is 9.88. The molecule has 2 N–H and O–H groups in total. The Hall–Kier alpha value is -1.30. The van der Waals surface area contributed by atoms with Gasteiger partial charge in [0.1, 0.15) is 6.04 Å². The summed E-state index contributed by atoms with van der Waals surface area (Å²) in [5.41, 5.74) is -0.0746. The third-order valence-corrected chi connectivity index (χ3v) is 3.78. The van der Waals surface area contributed by atoms with Crippen molar-refractivity contribution in [2.45, 2.75) is 52.3 Å². The molecule has 1 aliphatic rings. The van der Waals surface area contributed by atoms with Gasteiger partial charge in [0, 0.05) is 26.1 Å². The van der Waals surface area contributed by atoms with Crippen molar-refractivity contribution >= 4 is 12.0 Å². The Morgan fingerprint density at radius 1 is 1.42 bits per heavy atom. The van der Waals surface area contributed by atoms with Crippen molar-refractivity contribution in [2.24, 2.45) is 5.41 Å². The van der Waals surface area contributed by atoms with Crippen LogP contribution in [0.15, 0.2) is 0 Å². The van der Waals surface area contributed by atoms with Crippen molar-refractivity contribution in [3.8, 4) is 0 Å². The zero-order valence-electron chi connectivity index (χ0n) is 12.3. The van der Waals surface area contributed by atoms with E-state index in [1.54, 1.807) is 0 Å². The molecule has 0 aromatic rings. The maximum Gasteiger partial charge on any atom is 0.326 e. The molecule has 1 rings (SSSR count). The molecule has 1 saturated heterocycles. The number of urea groups is 1. The third kappa shape index (κ3) is 3.83. The van der Waals surface area contributed by atoms with Gasteiger partial charge in [0.05, 0.1) is 6.10 Å². The van der Waals surface area contributed by atoms with Crippen LogP contribution in [0.2, 0.25) is 0 Å². The van der Waals surface area contributed by atoms with Crippen molar-refractivity contribution in [1.82, 2.24) is 10.2 Å². The van der Waals surface area contributed by atoms with Crippen LogP contribution in [-0.4, -0.2) is 53.8 Å². The molecule has 0 aromatic carbocycles. The van der Waals surface area contributed by atoms with E-state index in [-0.39, 0.29) is 23.6 Å². The summed E-state index contributed by atoms with van der Waals surface area (Å²) >= 11 is 0. The Kier molecular flexibility index (Phi) is 4.79. The van der Waals surface area contributed by atoms with Gasteiger partial charge in [0.2, 0.25) is 0 Å². The van der Waals surface area contributed by atoms with Crippen LogP contribution in [0.3, 0.4) is 0 Å². The summed E-state index contributed by atoms with van der Waals surface area (Å²) in [6.07, 6.45) is 0.125. The fourth-order valence-corrected chi connectivity index (χ4v) is 1.91. The predicted molar refractivity (Wildman–Crippen MR) is 71.0 cm³/mol. The number of rotatable bonds is 3. The van der Waals surface area contributed by atoms with E-state index in [0.717, 1.165) is 0 Å². The van der Waals surface area contributed by atoms with E-state index in [1.807, 2.05) is 27.7 Å². The van der Waals surface area contributed by atoms with Gasteiger partial charge in [0.15, 0.2) is 0 Å². The highest BCUT2D eigenvalue weighted by Crippen LogP contribution is 2.22. The summed E-state index contributed by atoms with van der Waals surface area (Å²) in [5.74, 6) is -0.988. The molecule has 3 unspecified atom stereocenters. The molecule has 2 amide bonds. The largest absolute Gasteiger partial charge is 0.480 e. The fourth-order valence-electron chi connectivity index (χ4n) is 1.91. The number of hydrogen-bond acceptors (Lipinski definition) is 3. The fraction of sp³-hybridized carbons (Fsp3) is 0.846. The summed E-state index contributed by atoms with van der Waals surface area (Å²) in [5, 5.41) is 12.0. The molecule has 110 valence electrons. The Bertz CT molecular complexity index is 351. The molecule has 6 heteroatoms. The van der Waals surface area contributed by atoms with Gasteiger partial charge in [-0.1, -0.05) is 20.8 Å². The van der Waals surface area contributed by atoms with Gasteiger partial charge in [-0.05, 0) is 12.3 Å². The number of methoxy groups -OCH3 is 1. The van der Waals surface area contributed by atoms with Gasteiger partial charge in [-0.25, -0.2) is 9.59 Å². The highest BCUT2D eigenvalue weighted by Gasteiger charge is 2.40. The first kappa shape index (κ1) is 15.8. The van der Waals surface area contributed by atoms with Crippen molar-refractivity contribution in [3.05, 3.63) is 0 Å². The van der Waals surface area contributed by atoms with Crippen LogP contribution in [0.25, 0.3) is 0 Å². The monoisotopic (exact) mass is 272 g/mol. The zero-order valence-corrected chi connectivity index (χ0v) is 12.3. The summed E-state index contributed by atoms with van der Waals surface area (Å²) in [6, 6.07) is -1.19. The molecule has 0 bridgehead atoms. The van der Waals surface area contributed by atoms with Crippen molar-refractivity contribution in [1.29, 1.82) is 0 Å². The lowest BCUT2D eigenvalue weighted by Crippen LogP contribution is -2.51. The molecule has 0 aliphatic carbocycles. The van der Waals surface area contributed by atoms with Crippen LogP contribution in [0, 0.1) is 5.41 Å². The molecular weight excluding hydrogens is 248 g/mol. The number of ether oxygens (including phenoxy) is 1. The minimum atomic E-state index is -0.988. The third-order valence-electron chi connectivity index (χ3n) is 3.78. The average molecular weight is 272 g/mol. The van der Waals surface area contributed by atoms with Gasteiger partial charge < -0.3 is 20.1 Å². The molecule has 6 nitrogen and oxygen atoms in total. The summed E-state index contributed by atoms with van der Waals surface area (Å²) in [7, 11) is 1.53. The number of carboxylic acid groups (broad SMARTS) is 1. The lowest BCUT2D eigenvalue weighted by Gasteiger charge is -2.31. The number of carbonyl (C=O) groups excluding carboxylic acids is 1. The normalized spacial score (nSPS) is 25.2. The molecule has 1 aliphatic heterocycles. The van der Waals surface area contributed by atoms with Gasteiger partial charge >= 0.3 is 12.0 Å². The second-order valence-electron chi connectivity index (χ2n) is 6.14. The first-order valence-electron chi connectivity index (χ1n) is 6.49. The molecule has 0 saturated carbocycles. The maximum atomic E-state index is 12.2. The number of carboxylic acids is 1. The number of carbonyl (C=O) groups is 2. The standard InChI is InChI=1S/C13H24N2O4/c1-8(13(2,3)4)14-12(18)15-7-9(19-5)6-10(15)11(16)17/h8-10H,6-7H2,1-5H3,(H,14,18)(H,16,17). The van der Waals surface area contributed by atoms with E-state index in [9.17, 15) is 9.59 Å². The Morgan fingerprint density at radius 2 is 2.00 bits per heavy atom. The van der Waals surface area contributed by atoms with Gasteiger partial charge in [-0.3, -0.25) is 0 Å². The van der Waals surface area contributed by atoms with Crippen LogP contribution in [0.4, 0.5) is 4.79 Å². The van der Waals surface area contributed by atoms with E-state index in [1.165, 1.54) is 12.0 Å². The van der Waals surface area contributed by atoms with Crippen molar-refractivity contribution in [3.63, 3.8) is 0 Å². The number of likely N-dealkylation sites (tertiary alicyclic amines) is 1. The zero-order chi connectivity index (χ0) is 14.8. The minimum Gasteiger partial charge on any atom is -0.480 e. The summed E-state index contributed by atoms with van der Waals surface area (Å²) < 4.78 is 5.16. The predicted octanol–water partition coefficient (Wildman–Crippen LogP) is 1.30. The van der Waals surface area contributed by atoms with Crippen LogP contribution in [0.5, 0.6) is 0 Å². The van der Waals surface area contributed by atoms with E-state index < -0.39 is 12.0 Å². The molecule has 3 atom stereocenters. The second kappa shape index (κ2) is 5.77. The smallest absolute Gasteiger partial charge is 0.326 e. The van der Waals surface area contributed by atoms with Gasteiger partial charge in [0.25, 0.3) is 0 Å². The Balaban J connectivity index is 2.72. The lowest BCUT2D eigenvalue weighted by molar-refractivity contribution is -0.141. The first-order chi connectivity index (χ1) is 8.66. The van der Waals surface area contributed by atoms with Crippen molar-refractivity contribution < 1.29 is 19.4 Å². The van der Waals surface area contributed by atoms with Crippen LogP contribution >= 0.6 is 0 Å². The molecule has 0 aromatic heterocycles.